The van der Waals surface area contributed by atoms with Gasteiger partial charge in [-0.25, -0.2) is 0 Å². The summed E-state index contributed by atoms with van der Waals surface area (Å²) in [5.41, 5.74) is 2.39. The van der Waals surface area contributed by atoms with E-state index in [9.17, 15) is 0 Å². The Balaban J connectivity index is 2.02. The molecule has 0 amide bonds. The highest BCUT2D eigenvalue weighted by Crippen LogP contribution is 2.42. The Morgan fingerprint density at radius 2 is 2.11 bits per heavy atom. The molecule has 1 aromatic carbocycles. The molecule has 1 fully saturated rings. The zero-order chi connectivity index (χ0) is 13.4. The summed E-state index contributed by atoms with van der Waals surface area (Å²) in [5, 5.41) is 4.82. The molecule has 1 N–H and O–H groups in total. The summed E-state index contributed by atoms with van der Waals surface area (Å²) in [6.07, 6.45) is 2.65. The van der Waals surface area contributed by atoms with Crippen LogP contribution in [0.2, 0.25) is 0 Å². The van der Waals surface area contributed by atoms with Gasteiger partial charge in [0.1, 0.15) is 11.3 Å². The lowest BCUT2D eigenvalue weighted by Crippen LogP contribution is -2.21. The van der Waals surface area contributed by atoms with Gasteiger partial charge in [0, 0.05) is 5.39 Å². The molecule has 1 aliphatic carbocycles. The van der Waals surface area contributed by atoms with Crippen LogP contribution in [-0.4, -0.2) is 6.54 Å². The van der Waals surface area contributed by atoms with Crippen LogP contribution < -0.4 is 5.32 Å². The molecule has 3 rings (SSSR count). The maximum atomic E-state index is 6.21. The van der Waals surface area contributed by atoms with Crippen LogP contribution in [0, 0.1) is 5.92 Å². The van der Waals surface area contributed by atoms with E-state index < -0.39 is 0 Å². The van der Waals surface area contributed by atoms with Crippen LogP contribution in [0.25, 0.3) is 11.0 Å². The zero-order valence-corrected chi connectivity index (χ0v) is 12.1. The molecule has 0 bridgehead atoms. The molecule has 19 heavy (non-hydrogen) atoms. The quantitative estimate of drug-likeness (QED) is 0.845. The molecule has 2 aromatic rings. The van der Waals surface area contributed by atoms with Crippen molar-refractivity contribution in [3.63, 3.8) is 0 Å². The SMILES string of the molecule is CCNC(c1cc2cccc(C(C)C)c2o1)C1CC1. The molecule has 1 saturated carbocycles. The summed E-state index contributed by atoms with van der Waals surface area (Å²) >= 11 is 0. The molecule has 0 aliphatic heterocycles. The highest BCUT2D eigenvalue weighted by Gasteiger charge is 2.34. The third-order valence-electron chi connectivity index (χ3n) is 4.04. The predicted molar refractivity (Wildman–Crippen MR) is 79.4 cm³/mol. The summed E-state index contributed by atoms with van der Waals surface area (Å²) in [4.78, 5) is 0. The Kier molecular flexibility index (Phi) is 3.36. The highest BCUT2D eigenvalue weighted by atomic mass is 16.3. The van der Waals surface area contributed by atoms with E-state index in [0.717, 1.165) is 23.8 Å². The summed E-state index contributed by atoms with van der Waals surface area (Å²) in [6, 6.07) is 9.10. The Morgan fingerprint density at radius 1 is 1.32 bits per heavy atom. The van der Waals surface area contributed by atoms with Gasteiger partial charge < -0.3 is 9.73 Å². The molecule has 1 atom stereocenters. The molecule has 0 spiro atoms. The summed E-state index contributed by atoms with van der Waals surface area (Å²) in [7, 11) is 0. The van der Waals surface area contributed by atoms with Crippen LogP contribution >= 0.6 is 0 Å². The van der Waals surface area contributed by atoms with Gasteiger partial charge in [-0.3, -0.25) is 0 Å². The van der Waals surface area contributed by atoms with Crippen LogP contribution in [0.1, 0.15) is 56.9 Å². The molecule has 2 nitrogen and oxygen atoms in total. The number of fused-ring (bicyclic) bond motifs is 1. The molecule has 1 aromatic heterocycles. The van der Waals surface area contributed by atoms with Gasteiger partial charge in [0.05, 0.1) is 6.04 Å². The number of hydrogen-bond donors (Lipinski definition) is 1. The first-order chi connectivity index (χ1) is 9.20. The molecule has 1 aliphatic rings. The Bertz CT molecular complexity index is 566. The largest absolute Gasteiger partial charge is 0.459 e. The van der Waals surface area contributed by atoms with Gasteiger partial charge in [0.25, 0.3) is 0 Å². The van der Waals surface area contributed by atoms with E-state index in [1.165, 1.54) is 23.8 Å². The van der Waals surface area contributed by atoms with Crippen molar-refractivity contribution in [2.24, 2.45) is 5.92 Å². The Hall–Kier alpha value is -1.28. The van der Waals surface area contributed by atoms with Crippen molar-refractivity contribution in [2.75, 3.05) is 6.54 Å². The number of hydrogen-bond acceptors (Lipinski definition) is 2. The Morgan fingerprint density at radius 3 is 2.74 bits per heavy atom. The van der Waals surface area contributed by atoms with Crippen molar-refractivity contribution in [2.45, 2.75) is 45.6 Å². The third kappa shape index (κ3) is 2.42. The first-order valence-electron chi connectivity index (χ1n) is 7.46. The molecule has 0 radical (unpaired) electrons. The fourth-order valence-electron chi connectivity index (χ4n) is 2.86. The summed E-state index contributed by atoms with van der Waals surface area (Å²) in [5.74, 6) is 2.39. The fourth-order valence-corrected chi connectivity index (χ4v) is 2.86. The van der Waals surface area contributed by atoms with Gasteiger partial charge in [-0.1, -0.05) is 39.0 Å². The first kappa shape index (κ1) is 12.7. The number of rotatable bonds is 5. The normalized spacial score (nSPS) is 17.3. The highest BCUT2D eigenvalue weighted by molar-refractivity contribution is 5.81. The van der Waals surface area contributed by atoms with E-state index in [1.54, 1.807) is 0 Å². The van der Waals surface area contributed by atoms with Crippen LogP contribution in [-0.2, 0) is 0 Å². The molecule has 0 saturated heterocycles. The van der Waals surface area contributed by atoms with Crippen molar-refractivity contribution in [3.05, 3.63) is 35.6 Å². The van der Waals surface area contributed by atoms with Gasteiger partial charge in [-0.05, 0) is 42.9 Å². The van der Waals surface area contributed by atoms with Gasteiger partial charge in [-0.15, -0.1) is 0 Å². The van der Waals surface area contributed by atoms with E-state index in [2.05, 4.69) is 50.4 Å². The average Bonchev–Trinajstić information content (AvgIpc) is 3.13. The lowest BCUT2D eigenvalue weighted by Gasteiger charge is -2.14. The lowest BCUT2D eigenvalue weighted by atomic mass is 10.0. The standard InChI is InChI=1S/C17H23NO/c1-4-18-16(12-8-9-12)15-10-13-6-5-7-14(11(2)3)17(13)19-15/h5-7,10-12,16,18H,4,8-9H2,1-3H3. The maximum Gasteiger partial charge on any atom is 0.137 e. The second-order valence-electron chi connectivity index (χ2n) is 5.94. The van der Waals surface area contributed by atoms with E-state index in [-0.39, 0.29) is 0 Å². The summed E-state index contributed by atoms with van der Waals surface area (Å²) < 4.78 is 6.21. The van der Waals surface area contributed by atoms with Crippen molar-refractivity contribution in [1.82, 2.24) is 5.32 Å². The zero-order valence-electron chi connectivity index (χ0n) is 12.1. The first-order valence-corrected chi connectivity index (χ1v) is 7.46. The molecule has 102 valence electrons. The van der Waals surface area contributed by atoms with Crippen molar-refractivity contribution in [3.8, 4) is 0 Å². The summed E-state index contributed by atoms with van der Waals surface area (Å²) in [6.45, 7) is 7.60. The van der Waals surface area contributed by atoms with Crippen LogP contribution in [0.3, 0.4) is 0 Å². The van der Waals surface area contributed by atoms with Gasteiger partial charge in [0.2, 0.25) is 0 Å². The smallest absolute Gasteiger partial charge is 0.137 e. The average molecular weight is 257 g/mol. The van der Waals surface area contributed by atoms with Crippen LogP contribution in [0.15, 0.2) is 28.7 Å². The van der Waals surface area contributed by atoms with Gasteiger partial charge in [0.15, 0.2) is 0 Å². The van der Waals surface area contributed by atoms with Crippen LogP contribution in [0.4, 0.5) is 0 Å². The minimum absolute atomic E-state index is 0.400. The predicted octanol–water partition coefficient (Wildman–Crippen LogP) is 4.62. The van der Waals surface area contributed by atoms with E-state index in [0.29, 0.717) is 12.0 Å². The molecular weight excluding hydrogens is 234 g/mol. The van der Waals surface area contributed by atoms with Crippen LogP contribution in [0.5, 0.6) is 0 Å². The topological polar surface area (TPSA) is 25.2 Å². The number of nitrogens with one attached hydrogen (secondary N) is 1. The fraction of sp³-hybridized carbons (Fsp3) is 0.529. The minimum Gasteiger partial charge on any atom is -0.459 e. The molecule has 2 heteroatoms. The lowest BCUT2D eigenvalue weighted by molar-refractivity contribution is 0.402. The van der Waals surface area contributed by atoms with E-state index >= 15 is 0 Å². The maximum absolute atomic E-state index is 6.21. The molecule has 1 unspecified atom stereocenters. The second kappa shape index (κ2) is 5.01. The van der Waals surface area contributed by atoms with E-state index in [1.807, 2.05) is 0 Å². The second-order valence-corrected chi connectivity index (χ2v) is 5.94. The number of para-hydroxylation sites is 1. The van der Waals surface area contributed by atoms with Crippen molar-refractivity contribution in [1.29, 1.82) is 0 Å². The number of benzene rings is 1. The monoisotopic (exact) mass is 257 g/mol. The molecular formula is C17H23NO. The minimum atomic E-state index is 0.400. The van der Waals surface area contributed by atoms with Gasteiger partial charge >= 0.3 is 0 Å². The van der Waals surface area contributed by atoms with Crippen molar-refractivity contribution >= 4 is 11.0 Å². The Labute approximate surface area is 115 Å². The van der Waals surface area contributed by atoms with Crippen molar-refractivity contribution < 1.29 is 4.42 Å². The number of furan rings is 1. The molecule has 1 heterocycles. The van der Waals surface area contributed by atoms with E-state index in [4.69, 9.17) is 4.42 Å². The van der Waals surface area contributed by atoms with Gasteiger partial charge in [-0.2, -0.15) is 0 Å². The third-order valence-corrected chi connectivity index (χ3v) is 4.04.